The molecule has 0 bridgehead atoms. The lowest BCUT2D eigenvalue weighted by Gasteiger charge is -2.05. The number of hydrogen-bond donors (Lipinski definition) is 1. The Kier molecular flexibility index (Phi) is 4.44. The van der Waals surface area contributed by atoms with Gasteiger partial charge in [0.1, 0.15) is 6.54 Å². The van der Waals surface area contributed by atoms with E-state index in [1.807, 2.05) is 29.0 Å². The summed E-state index contributed by atoms with van der Waals surface area (Å²) in [7, 11) is -3.84. The van der Waals surface area contributed by atoms with E-state index >= 15 is 0 Å². The van der Waals surface area contributed by atoms with Crippen LogP contribution in [0.25, 0.3) is 0 Å². The monoisotopic (exact) mass is 244 g/mol. The third-order valence-corrected chi connectivity index (χ3v) is 3.17. The molecule has 0 fully saturated rings. The van der Waals surface area contributed by atoms with Gasteiger partial charge in [-0.2, -0.15) is 8.42 Å². The van der Waals surface area contributed by atoms with Crippen molar-refractivity contribution in [2.45, 2.75) is 32.7 Å². The van der Waals surface area contributed by atoms with E-state index in [1.54, 1.807) is 0 Å². The summed E-state index contributed by atoms with van der Waals surface area (Å²) in [6.45, 7) is 4.79. The van der Waals surface area contributed by atoms with E-state index in [9.17, 15) is 8.42 Å². The summed E-state index contributed by atoms with van der Waals surface area (Å²) in [6, 6.07) is 5.91. The maximum absolute atomic E-state index is 10.6. The molecule has 1 rings (SSSR count). The third kappa shape index (κ3) is 4.28. The SMILES string of the molecule is CC(C)c1cccc[n+]1CCCS(=O)(=O)O. The first-order valence-electron chi connectivity index (χ1n) is 5.33. The van der Waals surface area contributed by atoms with Crippen molar-refractivity contribution in [2.24, 2.45) is 0 Å². The van der Waals surface area contributed by atoms with E-state index in [4.69, 9.17) is 4.55 Å². The Bertz CT molecular complexity index is 440. The smallest absolute Gasteiger partial charge is 0.265 e. The molecule has 0 aliphatic carbocycles. The van der Waals surface area contributed by atoms with Crippen LogP contribution < -0.4 is 4.57 Å². The van der Waals surface area contributed by atoms with Crippen molar-refractivity contribution in [1.29, 1.82) is 0 Å². The van der Waals surface area contributed by atoms with Crippen molar-refractivity contribution in [2.75, 3.05) is 5.75 Å². The molecule has 1 heterocycles. The standard InChI is InChI=1S/C11H17NO3S/c1-10(2)11-6-3-4-7-12(11)8-5-9-16(13,14)15/h3-4,6-7,10H,5,8-9H2,1-2H3/p+1. The minimum absolute atomic E-state index is 0.188. The van der Waals surface area contributed by atoms with E-state index in [1.165, 1.54) is 0 Å². The minimum atomic E-state index is -3.84. The number of aryl methyl sites for hydroxylation is 1. The summed E-state index contributed by atoms with van der Waals surface area (Å²) in [5.41, 5.74) is 1.16. The average molecular weight is 244 g/mol. The quantitative estimate of drug-likeness (QED) is 0.629. The first-order chi connectivity index (χ1) is 7.40. The Morgan fingerprint density at radius 3 is 2.62 bits per heavy atom. The first-order valence-corrected chi connectivity index (χ1v) is 6.94. The summed E-state index contributed by atoms with van der Waals surface area (Å²) in [5.74, 6) is 0.207. The molecule has 0 amide bonds. The lowest BCUT2D eigenvalue weighted by molar-refractivity contribution is -0.705. The average Bonchev–Trinajstić information content (AvgIpc) is 2.16. The fraction of sp³-hybridized carbons (Fsp3) is 0.545. The molecule has 0 unspecified atom stereocenters. The molecule has 0 saturated carbocycles. The van der Waals surface area contributed by atoms with E-state index < -0.39 is 10.1 Å². The van der Waals surface area contributed by atoms with Gasteiger partial charge in [-0.25, -0.2) is 4.57 Å². The maximum Gasteiger partial charge on any atom is 0.265 e. The van der Waals surface area contributed by atoms with Crippen molar-refractivity contribution < 1.29 is 17.5 Å². The van der Waals surface area contributed by atoms with E-state index in [0.717, 1.165) is 5.69 Å². The van der Waals surface area contributed by atoms with Gasteiger partial charge in [-0.1, -0.05) is 19.9 Å². The molecule has 1 aromatic heterocycles. The Morgan fingerprint density at radius 1 is 1.38 bits per heavy atom. The molecule has 1 N–H and O–H groups in total. The zero-order chi connectivity index (χ0) is 12.2. The fourth-order valence-corrected chi connectivity index (χ4v) is 2.13. The highest BCUT2D eigenvalue weighted by Crippen LogP contribution is 2.08. The van der Waals surface area contributed by atoms with Crippen LogP contribution >= 0.6 is 0 Å². The van der Waals surface area contributed by atoms with Crippen molar-refractivity contribution in [3.63, 3.8) is 0 Å². The van der Waals surface area contributed by atoms with Crippen LogP contribution in [0.5, 0.6) is 0 Å². The molecule has 0 aliphatic heterocycles. The van der Waals surface area contributed by atoms with Gasteiger partial charge in [0.25, 0.3) is 10.1 Å². The molecule has 16 heavy (non-hydrogen) atoms. The summed E-state index contributed by atoms with van der Waals surface area (Å²) in [4.78, 5) is 0. The van der Waals surface area contributed by atoms with Crippen LogP contribution in [0.3, 0.4) is 0 Å². The number of nitrogens with zero attached hydrogens (tertiary/aromatic N) is 1. The lowest BCUT2D eigenvalue weighted by Crippen LogP contribution is -2.39. The zero-order valence-electron chi connectivity index (χ0n) is 9.63. The van der Waals surface area contributed by atoms with E-state index in [-0.39, 0.29) is 5.75 Å². The number of aromatic nitrogens is 1. The Hall–Kier alpha value is -0.940. The summed E-state index contributed by atoms with van der Waals surface area (Å²) in [6.07, 6.45) is 2.35. The van der Waals surface area contributed by atoms with Crippen LogP contribution in [0.15, 0.2) is 24.4 Å². The largest absolute Gasteiger partial charge is 0.286 e. The highest BCUT2D eigenvalue weighted by Gasteiger charge is 2.14. The van der Waals surface area contributed by atoms with Gasteiger partial charge >= 0.3 is 0 Å². The summed E-state index contributed by atoms with van der Waals surface area (Å²) in [5, 5.41) is 0. The molecular weight excluding hydrogens is 226 g/mol. The van der Waals surface area contributed by atoms with Crippen LogP contribution in [-0.2, 0) is 16.7 Å². The normalized spacial score (nSPS) is 12.0. The van der Waals surface area contributed by atoms with Gasteiger partial charge in [0.05, 0.1) is 5.75 Å². The maximum atomic E-state index is 10.6. The fourth-order valence-electron chi connectivity index (χ4n) is 1.63. The van der Waals surface area contributed by atoms with Gasteiger partial charge in [0.2, 0.25) is 0 Å². The molecule has 5 heteroatoms. The zero-order valence-corrected chi connectivity index (χ0v) is 10.4. The molecular formula is C11H18NO3S+. The van der Waals surface area contributed by atoms with Crippen LogP contribution in [0.1, 0.15) is 31.9 Å². The predicted molar refractivity (Wildman–Crippen MR) is 61.8 cm³/mol. The number of rotatable bonds is 5. The second kappa shape index (κ2) is 5.41. The molecule has 0 atom stereocenters. The van der Waals surface area contributed by atoms with Gasteiger partial charge < -0.3 is 0 Å². The highest BCUT2D eigenvalue weighted by atomic mass is 32.2. The Morgan fingerprint density at radius 2 is 2.06 bits per heavy atom. The molecule has 0 aromatic carbocycles. The Balaban J connectivity index is 2.67. The highest BCUT2D eigenvalue weighted by molar-refractivity contribution is 7.85. The summed E-state index contributed by atoms with van der Waals surface area (Å²) >= 11 is 0. The van der Waals surface area contributed by atoms with Gasteiger partial charge in [-0.05, 0) is 0 Å². The molecule has 0 aliphatic rings. The second-order valence-electron chi connectivity index (χ2n) is 4.11. The van der Waals surface area contributed by atoms with Crippen molar-refractivity contribution in [3.05, 3.63) is 30.1 Å². The first kappa shape index (κ1) is 13.1. The van der Waals surface area contributed by atoms with Crippen molar-refractivity contribution >= 4 is 10.1 Å². The molecule has 4 nitrogen and oxygen atoms in total. The second-order valence-corrected chi connectivity index (χ2v) is 5.69. The van der Waals surface area contributed by atoms with Crippen molar-refractivity contribution in [3.8, 4) is 0 Å². The Labute approximate surface area is 96.7 Å². The van der Waals surface area contributed by atoms with Crippen molar-refractivity contribution in [1.82, 2.24) is 0 Å². The molecule has 0 spiro atoms. The van der Waals surface area contributed by atoms with Gasteiger partial charge in [0, 0.05) is 24.5 Å². The molecule has 0 saturated heterocycles. The van der Waals surface area contributed by atoms with Gasteiger partial charge in [-0.15, -0.1) is 0 Å². The van der Waals surface area contributed by atoms with Crippen LogP contribution in [0, 0.1) is 0 Å². The molecule has 90 valence electrons. The third-order valence-electron chi connectivity index (χ3n) is 2.37. The van der Waals surface area contributed by atoms with Crippen LogP contribution in [0.4, 0.5) is 0 Å². The number of hydrogen-bond acceptors (Lipinski definition) is 2. The van der Waals surface area contributed by atoms with Gasteiger partial charge in [-0.3, -0.25) is 4.55 Å². The van der Waals surface area contributed by atoms with Crippen LogP contribution in [0.2, 0.25) is 0 Å². The topological polar surface area (TPSA) is 58.2 Å². The molecule has 1 aromatic rings. The van der Waals surface area contributed by atoms with E-state index in [0.29, 0.717) is 18.9 Å². The summed E-state index contributed by atoms with van der Waals surface area (Å²) < 4.78 is 31.8. The van der Waals surface area contributed by atoms with Crippen LogP contribution in [-0.4, -0.2) is 18.7 Å². The number of pyridine rings is 1. The van der Waals surface area contributed by atoms with Gasteiger partial charge in [0.15, 0.2) is 11.9 Å². The molecule has 0 radical (unpaired) electrons. The van der Waals surface area contributed by atoms with E-state index in [2.05, 4.69) is 13.8 Å². The minimum Gasteiger partial charge on any atom is -0.286 e. The predicted octanol–water partition coefficient (Wildman–Crippen LogP) is 1.38. The lowest BCUT2D eigenvalue weighted by atomic mass is 10.1.